The molecule has 0 aliphatic heterocycles. The number of halogens is 1. The van der Waals surface area contributed by atoms with Crippen LogP contribution >= 0.6 is 24.0 Å². The van der Waals surface area contributed by atoms with Gasteiger partial charge in [0.2, 0.25) is 0 Å². The molecule has 0 saturated heterocycles. The zero-order valence-corrected chi connectivity index (χ0v) is 15.6. The molecule has 1 saturated carbocycles. The minimum atomic E-state index is 0. The van der Waals surface area contributed by atoms with Crippen molar-refractivity contribution in [1.82, 2.24) is 10.6 Å². The molecule has 118 valence electrons. The van der Waals surface area contributed by atoms with Crippen LogP contribution in [0.2, 0.25) is 0 Å². The van der Waals surface area contributed by atoms with Gasteiger partial charge in [-0.1, -0.05) is 19.1 Å². The fourth-order valence-corrected chi connectivity index (χ4v) is 2.22. The molecule has 0 bridgehead atoms. The van der Waals surface area contributed by atoms with Crippen LogP contribution in [0.3, 0.4) is 0 Å². The SMILES string of the molecule is CCOc1ccc(CNC(=NC)NC2CC2C)cc1C.I. The number of benzene rings is 1. The highest BCUT2D eigenvalue weighted by Crippen LogP contribution is 2.28. The summed E-state index contributed by atoms with van der Waals surface area (Å²) in [5, 5.41) is 6.78. The van der Waals surface area contributed by atoms with E-state index in [9.17, 15) is 0 Å². The Morgan fingerprint density at radius 2 is 2.14 bits per heavy atom. The average Bonchev–Trinajstić information content (AvgIpc) is 3.13. The first-order chi connectivity index (χ1) is 9.63. The van der Waals surface area contributed by atoms with Gasteiger partial charge in [-0.15, -0.1) is 24.0 Å². The molecule has 2 atom stereocenters. The van der Waals surface area contributed by atoms with Gasteiger partial charge < -0.3 is 15.4 Å². The van der Waals surface area contributed by atoms with Crippen molar-refractivity contribution in [3.8, 4) is 5.75 Å². The van der Waals surface area contributed by atoms with Crippen LogP contribution in [0.1, 0.15) is 31.4 Å². The van der Waals surface area contributed by atoms with E-state index in [-0.39, 0.29) is 24.0 Å². The Labute approximate surface area is 144 Å². The molecule has 0 spiro atoms. The summed E-state index contributed by atoms with van der Waals surface area (Å²) in [6.07, 6.45) is 1.24. The third-order valence-electron chi connectivity index (χ3n) is 3.65. The predicted molar refractivity (Wildman–Crippen MR) is 98.7 cm³/mol. The lowest BCUT2D eigenvalue weighted by Crippen LogP contribution is -2.38. The van der Waals surface area contributed by atoms with Gasteiger partial charge >= 0.3 is 0 Å². The summed E-state index contributed by atoms with van der Waals surface area (Å²) < 4.78 is 5.55. The Morgan fingerprint density at radius 1 is 1.43 bits per heavy atom. The number of guanidine groups is 1. The summed E-state index contributed by atoms with van der Waals surface area (Å²) in [5.74, 6) is 2.61. The van der Waals surface area contributed by atoms with Crippen molar-refractivity contribution in [1.29, 1.82) is 0 Å². The van der Waals surface area contributed by atoms with Crippen LogP contribution in [0.25, 0.3) is 0 Å². The number of aliphatic imine (C=N–C) groups is 1. The van der Waals surface area contributed by atoms with Crippen molar-refractivity contribution >= 4 is 29.9 Å². The molecular formula is C16H26IN3O. The van der Waals surface area contributed by atoms with E-state index in [2.05, 4.69) is 41.6 Å². The highest BCUT2D eigenvalue weighted by molar-refractivity contribution is 14.0. The molecule has 0 radical (unpaired) electrons. The molecule has 5 heteroatoms. The number of nitrogens with one attached hydrogen (secondary N) is 2. The van der Waals surface area contributed by atoms with Crippen molar-refractivity contribution in [2.75, 3.05) is 13.7 Å². The minimum Gasteiger partial charge on any atom is -0.494 e. The van der Waals surface area contributed by atoms with E-state index in [0.717, 1.165) is 24.2 Å². The van der Waals surface area contributed by atoms with Gasteiger partial charge in [0.05, 0.1) is 6.61 Å². The Hall–Kier alpha value is -0.980. The standard InChI is InChI=1S/C16H25N3O.HI/c1-5-20-15-7-6-13(8-12(15)3)10-18-16(17-4)19-14-9-11(14)2;/h6-8,11,14H,5,9-10H2,1-4H3,(H2,17,18,19);1H. The Kier molecular flexibility index (Phi) is 7.28. The van der Waals surface area contributed by atoms with E-state index in [1.54, 1.807) is 0 Å². The van der Waals surface area contributed by atoms with Crippen molar-refractivity contribution in [3.63, 3.8) is 0 Å². The van der Waals surface area contributed by atoms with Gasteiger partial charge in [-0.05, 0) is 43.4 Å². The molecule has 1 aliphatic rings. The second kappa shape index (κ2) is 8.46. The highest BCUT2D eigenvalue weighted by Gasteiger charge is 2.33. The fraction of sp³-hybridized carbons (Fsp3) is 0.562. The third kappa shape index (κ3) is 5.37. The second-order valence-electron chi connectivity index (χ2n) is 5.42. The van der Waals surface area contributed by atoms with Crippen LogP contribution in [0, 0.1) is 12.8 Å². The lowest BCUT2D eigenvalue weighted by atomic mass is 10.1. The van der Waals surface area contributed by atoms with Gasteiger partial charge in [-0.2, -0.15) is 0 Å². The molecule has 1 fully saturated rings. The van der Waals surface area contributed by atoms with Gasteiger partial charge in [0, 0.05) is 19.6 Å². The first kappa shape index (κ1) is 18.1. The van der Waals surface area contributed by atoms with E-state index < -0.39 is 0 Å². The van der Waals surface area contributed by atoms with E-state index in [0.29, 0.717) is 12.6 Å². The van der Waals surface area contributed by atoms with Gasteiger partial charge in [0.1, 0.15) is 5.75 Å². The minimum absolute atomic E-state index is 0. The summed E-state index contributed by atoms with van der Waals surface area (Å²) in [6.45, 7) is 7.81. The summed E-state index contributed by atoms with van der Waals surface area (Å²) in [7, 11) is 1.81. The first-order valence-electron chi connectivity index (χ1n) is 7.33. The molecule has 2 N–H and O–H groups in total. The maximum Gasteiger partial charge on any atom is 0.191 e. The number of aryl methyl sites for hydroxylation is 1. The zero-order valence-electron chi connectivity index (χ0n) is 13.3. The Bertz CT molecular complexity index is 490. The van der Waals surface area contributed by atoms with Gasteiger partial charge in [-0.3, -0.25) is 4.99 Å². The predicted octanol–water partition coefficient (Wildman–Crippen LogP) is 3.09. The lowest BCUT2D eigenvalue weighted by molar-refractivity contribution is 0.338. The van der Waals surface area contributed by atoms with Gasteiger partial charge in [0.25, 0.3) is 0 Å². The van der Waals surface area contributed by atoms with Crippen molar-refractivity contribution in [3.05, 3.63) is 29.3 Å². The molecule has 1 aliphatic carbocycles. The van der Waals surface area contributed by atoms with Gasteiger partial charge in [-0.25, -0.2) is 0 Å². The molecule has 0 amide bonds. The van der Waals surface area contributed by atoms with Gasteiger partial charge in [0.15, 0.2) is 5.96 Å². The molecule has 2 rings (SSSR count). The normalized spacial score (nSPS) is 20.5. The van der Waals surface area contributed by atoms with Crippen LogP contribution in [0.5, 0.6) is 5.75 Å². The summed E-state index contributed by atoms with van der Waals surface area (Å²) in [4.78, 5) is 4.26. The number of rotatable bonds is 5. The Balaban J connectivity index is 0.00000220. The van der Waals surface area contributed by atoms with Crippen molar-refractivity contribution < 1.29 is 4.74 Å². The quantitative estimate of drug-likeness (QED) is 0.451. The molecule has 0 heterocycles. The second-order valence-corrected chi connectivity index (χ2v) is 5.42. The van der Waals surface area contributed by atoms with Crippen molar-refractivity contribution in [2.24, 2.45) is 10.9 Å². The van der Waals surface area contributed by atoms with Crippen LogP contribution in [0.15, 0.2) is 23.2 Å². The molecule has 1 aromatic rings. The summed E-state index contributed by atoms with van der Waals surface area (Å²) in [6, 6.07) is 6.88. The van der Waals surface area contributed by atoms with Crippen LogP contribution in [-0.2, 0) is 6.54 Å². The molecular weight excluding hydrogens is 377 g/mol. The maximum atomic E-state index is 5.55. The molecule has 0 aromatic heterocycles. The first-order valence-corrected chi connectivity index (χ1v) is 7.33. The third-order valence-corrected chi connectivity index (χ3v) is 3.65. The monoisotopic (exact) mass is 403 g/mol. The van der Waals surface area contributed by atoms with Crippen LogP contribution < -0.4 is 15.4 Å². The smallest absolute Gasteiger partial charge is 0.191 e. The Morgan fingerprint density at radius 3 is 2.67 bits per heavy atom. The van der Waals surface area contributed by atoms with Crippen LogP contribution in [-0.4, -0.2) is 25.7 Å². The zero-order chi connectivity index (χ0) is 14.5. The molecule has 1 aromatic carbocycles. The molecule has 2 unspecified atom stereocenters. The maximum absolute atomic E-state index is 5.55. The average molecular weight is 403 g/mol. The van der Waals surface area contributed by atoms with Crippen LogP contribution in [0.4, 0.5) is 0 Å². The largest absolute Gasteiger partial charge is 0.494 e. The number of hydrogen-bond acceptors (Lipinski definition) is 2. The number of nitrogens with zero attached hydrogens (tertiary/aromatic N) is 1. The summed E-state index contributed by atoms with van der Waals surface area (Å²) in [5.41, 5.74) is 2.41. The van der Waals surface area contributed by atoms with E-state index in [1.807, 2.05) is 20.0 Å². The fourth-order valence-electron chi connectivity index (χ4n) is 2.22. The van der Waals surface area contributed by atoms with E-state index in [4.69, 9.17) is 4.74 Å². The number of hydrogen-bond donors (Lipinski definition) is 2. The summed E-state index contributed by atoms with van der Waals surface area (Å²) >= 11 is 0. The highest BCUT2D eigenvalue weighted by atomic mass is 127. The number of ether oxygens (including phenoxy) is 1. The van der Waals surface area contributed by atoms with Crippen molar-refractivity contribution in [2.45, 2.75) is 39.8 Å². The topological polar surface area (TPSA) is 45.6 Å². The lowest BCUT2D eigenvalue weighted by Gasteiger charge is -2.13. The molecule has 21 heavy (non-hydrogen) atoms. The molecule has 4 nitrogen and oxygen atoms in total. The van der Waals surface area contributed by atoms with E-state index >= 15 is 0 Å². The van der Waals surface area contributed by atoms with E-state index in [1.165, 1.54) is 17.5 Å².